The van der Waals surface area contributed by atoms with Crippen LogP contribution in [0.25, 0.3) is 10.9 Å². The van der Waals surface area contributed by atoms with Crippen molar-refractivity contribution in [2.45, 2.75) is 103 Å². The molecular formula is C39H50N4O6. The summed E-state index contributed by atoms with van der Waals surface area (Å²) >= 11 is 0. The van der Waals surface area contributed by atoms with Crippen molar-refractivity contribution in [3.63, 3.8) is 0 Å². The Balaban J connectivity index is 1.04. The molecule has 10 nitrogen and oxygen atoms in total. The highest BCUT2D eigenvalue weighted by Crippen LogP contribution is 2.67. The molecule has 2 amide bonds. The molecule has 2 aromatic rings. The number of fused-ring (bicyclic) bond motifs is 6. The minimum absolute atomic E-state index is 0.0668. The first-order valence-electron chi connectivity index (χ1n) is 17.8. The lowest BCUT2D eigenvalue weighted by atomic mass is 9.46. The molecule has 49 heavy (non-hydrogen) atoms. The van der Waals surface area contributed by atoms with Crippen LogP contribution in [0.15, 0.2) is 47.3 Å². The van der Waals surface area contributed by atoms with Crippen LogP contribution in [0.2, 0.25) is 0 Å². The van der Waals surface area contributed by atoms with Crippen LogP contribution in [0, 0.1) is 46.8 Å². The number of para-hydroxylation sites is 1. The maximum atomic E-state index is 13.2. The average molecular weight is 671 g/mol. The normalized spacial score (nSPS) is 32.6. The predicted octanol–water partition coefficient (Wildman–Crippen LogP) is 5.12. The van der Waals surface area contributed by atoms with Crippen molar-refractivity contribution in [3.8, 4) is 12.3 Å². The highest BCUT2D eigenvalue weighted by Gasteiger charge is 2.63. The number of aromatic amines is 1. The number of nitrogens with zero attached hydrogens (tertiary/aromatic N) is 1. The second kappa shape index (κ2) is 13.3. The number of rotatable bonds is 10. The summed E-state index contributed by atoms with van der Waals surface area (Å²) in [5.74, 6) is 1.76. The number of H-pyrrole nitrogens is 1. The van der Waals surface area contributed by atoms with E-state index in [9.17, 15) is 24.6 Å². The number of oxime groups is 1. The molecule has 0 radical (unpaired) electrons. The van der Waals surface area contributed by atoms with Crippen molar-refractivity contribution in [2.24, 2.45) is 39.7 Å². The number of hydrogen-bond acceptors (Lipinski definition) is 6. The molecule has 4 aliphatic carbocycles. The summed E-state index contributed by atoms with van der Waals surface area (Å²) in [6, 6.07) is 5.45. The van der Waals surface area contributed by atoms with E-state index in [0.29, 0.717) is 24.2 Å². The van der Waals surface area contributed by atoms with Crippen LogP contribution in [0.4, 0.5) is 0 Å². The lowest BCUT2D eigenvalue weighted by Gasteiger charge is -2.58. The number of benzene rings is 1. The van der Waals surface area contributed by atoms with Crippen LogP contribution in [-0.2, 0) is 25.6 Å². The van der Waals surface area contributed by atoms with E-state index in [1.165, 1.54) is 5.57 Å². The van der Waals surface area contributed by atoms with Crippen LogP contribution in [0.3, 0.4) is 0 Å². The van der Waals surface area contributed by atoms with Crippen LogP contribution in [-0.4, -0.2) is 63.0 Å². The molecule has 0 saturated heterocycles. The molecule has 8 atom stereocenters. The summed E-state index contributed by atoms with van der Waals surface area (Å²) in [6.07, 6.45) is 17.3. The van der Waals surface area contributed by atoms with Gasteiger partial charge in [0.2, 0.25) is 5.91 Å². The molecule has 262 valence electrons. The molecule has 0 bridgehead atoms. The number of aliphatic hydroxyl groups is 1. The SMILES string of the molecule is C#C[C@@]1(O)CC[C@H]2[C@@H]3CCC4=C/C(=N\OCC(=O)N[C@H](C(=O)N[C@H](Cc5c[nH]c6ccccc56)C(=O)O)C(C)C)CC[C@]4(C)[C@H]3CC[C@@]21C. The fraction of sp³-hybridized carbons (Fsp3) is 0.590. The Bertz CT molecular complexity index is 1720. The van der Waals surface area contributed by atoms with Gasteiger partial charge in [-0.2, -0.15) is 0 Å². The largest absolute Gasteiger partial charge is 0.480 e. The summed E-state index contributed by atoms with van der Waals surface area (Å²) in [7, 11) is 0. The first kappa shape index (κ1) is 34.8. The maximum absolute atomic E-state index is 13.2. The van der Waals surface area contributed by atoms with Crippen LogP contribution >= 0.6 is 0 Å². The van der Waals surface area contributed by atoms with E-state index in [2.05, 4.69) is 46.6 Å². The molecule has 1 aromatic carbocycles. The minimum Gasteiger partial charge on any atom is -0.480 e. The summed E-state index contributed by atoms with van der Waals surface area (Å²) in [5.41, 5.74) is 2.70. The second-order valence-corrected chi connectivity index (χ2v) is 15.6. The maximum Gasteiger partial charge on any atom is 0.326 e. The van der Waals surface area contributed by atoms with E-state index < -0.39 is 35.5 Å². The first-order valence-corrected chi connectivity index (χ1v) is 17.8. The molecule has 3 fully saturated rings. The number of terminal acetylenes is 1. The van der Waals surface area contributed by atoms with Crippen molar-refractivity contribution in [1.29, 1.82) is 0 Å². The minimum atomic E-state index is -1.17. The van der Waals surface area contributed by atoms with Crippen molar-refractivity contribution in [3.05, 3.63) is 47.7 Å². The van der Waals surface area contributed by atoms with E-state index in [1.54, 1.807) is 20.0 Å². The Labute approximate surface area is 288 Å². The molecule has 0 aliphatic heterocycles. The zero-order valence-electron chi connectivity index (χ0n) is 29.1. The predicted molar refractivity (Wildman–Crippen MR) is 187 cm³/mol. The second-order valence-electron chi connectivity index (χ2n) is 15.6. The molecule has 0 unspecified atom stereocenters. The molecule has 4 aliphatic rings. The molecular weight excluding hydrogens is 620 g/mol. The zero-order chi connectivity index (χ0) is 35.1. The number of aliphatic carboxylic acids is 1. The van der Waals surface area contributed by atoms with Crippen molar-refractivity contribution in [1.82, 2.24) is 15.6 Å². The lowest BCUT2D eigenvalue weighted by Crippen LogP contribution is -2.54. The number of aromatic nitrogens is 1. The highest BCUT2D eigenvalue weighted by atomic mass is 16.6. The molecule has 5 N–H and O–H groups in total. The van der Waals surface area contributed by atoms with Gasteiger partial charge in [0.1, 0.15) is 17.7 Å². The van der Waals surface area contributed by atoms with Gasteiger partial charge >= 0.3 is 5.97 Å². The first-order chi connectivity index (χ1) is 23.3. The third-order valence-corrected chi connectivity index (χ3v) is 12.7. The molecule has 10 heteroatoms. The van der Waals surface area contributed by atoms with Crippen molar-refractivity contribution in [2.75, 3.05) is 6.61 Å². The zero-order valence-corrected chi connectivity index (χ0v) is 29.1. The monoisotopic (exact) mass is 670 g/mol. The van der Waals surface area contributed by atoms with Gasteiger partial charge in [-0.25, -0.2) is 4.79 Å². The van der Waals surface area contributed by atoms with Gasteiger partial charge in [-0.1, -0.05) is 62.5 Å². The Morgan fingerprint density at radius 2 is 1.84 bits per heavy atom. The van der Waals surface area contributed by atoms with E-state index in [0.717, 1.165) is 67.1 Å². The van der Waals surface area contributed by atoms with Gasteiger partial charge in [-0.15, -0.1) is 6.42 Å². The fourth-order valence-electron chi connectivity index (χ4n) is 9.80. The summed E-state index contributed by atoms with van der Waals surface area (Å²) in [6.45, 7) is 7.81. The number of nitrogens with one attached hydrogen (secondary N) is 3. The Hall–Kier alpha value is -4.10. The fourth-order valence-corrected chi connectivity index (χ4v) is 9.80. The number of amides is 2. The quantitative estimate of drug-likeness (QED) is 0.175. The van der Waals surface area contributed by atoms with Gasteiger partial charge in [0, 0.05) is 28.9 Å². The van der Waals surface area contributed by atoms with Crippen LogP contribution in [0.1, 0.15) is 84.6 Å². The van der Waals surface area contributed by atoms with Gasteiger partial charge < -0.3 is 30.7 Å². The number of hydrogen-bond donors (Lipinski definition) is 5. The van der Waals surface area contributed by atoms with E-state index in [1.807, 2.05) is 24.3 Å². The van der Waals surface area contributed by atoms with Crippen LogP contribution in [0.5, 0.6) is 0 Å². The van der Waals surface area contributed by atoms with Crippen molar-refractivity contribution < 1.29 is 29.4 Å². The van der Waals surface area contributed by atoms with Gasteiger partial charge in [0.15, 0.2) is 6.61 Å². The third kappa shape index (κ3) is 6.27. The topological polar surface area (TPSA) is 153 Å². The van der Waals surface area contributed by atoms with Crippen molar-refractivity contribution >= 4 is 34.4 Å². The standard InChI is InChI=1S/C39H50N4O6/c1-6-39(48)18-15-30-28-12-11-25-20-26(13-16-37(25,4)29(28)14-17-38(30,39)5)43-49-22-33(44)42-34(23(2)3)35(45)41-32(36(46)47)19-24-21-40-31-10-8-7-9-27(24)31/h1,7-10,20-21,23,28-30,32,34,40,48H,11-19,22H2,2-5H3,(H,41,45)(H,42,44)(H,46,47)/b43-26-/t28-,29+,30+,32-,34+,37+,38+,39-/m1/s1. The Kier molecular flexibility index (Phi) is 9.44. The number of carboxylic acid groups (broad SMARTS) is 1. The summed E-state index contributed by atoms with van der Waals surface area (Å²) in [5, 5.41) is 31.7. The highest BCUT2D eigenvalue weighted by molar-refractivity contribution is 5.96. The average Bonchev–Trinajstić information content (AvgIpc) is 3.60. The summed E-state index contributed by atoms with van der Waals surface area (Å²) in [4.78, 5) is 46.9. The molecule has 1 aromatic heterocycles. The van der Waals surface area contributed by atoms with Crippen LogP contribution < -0.4 is 10.6 Å². The van der Waals surface area contributed by atoms with E-state index in [-0.39, 0.29) is 29.8 Å². The van der Waals surface area contributed by atoms with Gasteiger partial charge in [0.25, 0.3) is 5.91 Å². The molecule has 3 saturated carbocycles. The molecule has 0 spiro atoms. The molecule has 6 rings (SSSR count). The lowest BCUT2D eigenvalue weighted by molar-refractivity contribution is -0.142. The Morgan fingerprint density at radius 3 is 2.57 bits per heavy atom. The number of carboxylic acids is 1. The third-order valence-electron chi connectivity index (χ3n) is 12.7. The van der Waals surface area contributed by atoms with Gasteiger partial charge in [-0.05, 0) is 98.2 Å². The smallest absolute Gasteiger partial charge is 0.326 e. The Morgan fingerprint density at radius 1 is 1.08 bits per heavy atom. The van der Waals surface area contributed by atoms with E-state index in [4.69, 9.17) is 11.3 Å². The summed E-state index contributed by atoms with van der Waals surface area (Å²) < 4.78 is 0. The number of carbonyl (C=O) groups excluding carboxylic acids is 2. The number of carbonyl (C=O) groups is 3. The molecule has 1 heterocycles. The van der Waals surface area contributed by atoms with Gasteiger partial charge in [0.05, 0.1) is 5.71 Å². The van der Waals surface area contributed by atoms with E-state index >= 15 is 0 Å². The number of allylic oxidation sites excluding steroid dienone is 2. The van der Waals surface area contributed by atoms with Gasteiger partial charge in [-0.3, -0.25) is 9.59 Å².